The lowest BCUT2D eigenvalue weighted by molar-refractivity contribution is -0.122. The van der Waals surface area contributed by atoms with Gasteiger partial charge in [0.15, 0.2) is 0 Å². The number of rotatable bonds is 5. The molecular formula is C13H15Cl2NO2. The van der Waals surface area contributed by atoms with Crippen LogP contribution in [0.4, 0.5) is 0 Å². The topological polar surface area (TPSA) is 38.3 Å². The molecule has 2 atom stereocenters. The first kappa shape index (κ1) is 13.7. The number of methoxy groups -OCH3 is 1. The van der Waals surface area contributed by atoms with Crippen LogP contribution in [0, 0.1) is 0 Å². The van der Waals surface area contributed by atoms with Crippen molar-refractivity contribution in [3.8, 4) is 0 Å². The highest BCUT2D eigenvalue weighted by Crippen LogP contribution is 2.45. The maximum atomic E-state index is 11.5. The van der Waals surface area contributed by atoms with Gasteiger partial charge in [-0.3, -0.25) is 4.79 Å². The van der Waals surface area contributed by atoms with Crippen molar-refractivity contribution in [3.63, 3.8) is 0 Å². The van der Waals surface area contributed by atoms with Gasteiger partial charge in [0, 0.05) is 25.5 Å². The van der Waals surface area contributed by atoms with E-state index in [9.17, 15) is 4.79 Å². The summed E-state index contributed by atoms with van der Waals surface area (Å²) in [7, 11) is 1.58. The molecule has 0 saturated heterocycles. The van der Waals surface area contributed by atoms with E-state index in [0.29, 0.717) is 23.1 Å². The smallest absolute Gasteiger partial charge is 0.222 e. The lowest BCUT2D eigenvalue weighted by Gasteiger charge is -2.06. The second kappa shape index (κ2) is 5.91. The highest BCUT2D eigenvalue weighted by molar-refractivity contribution is 6.42. The Balaban J connectivity index is 1.91. The van der Waals surface area contributed by atoms with Gasteiger partial charge >= 0.3 is 0 Å². The first-order valence-corrected chi connectivity index (χ1v) is 6.61. The van der Waals surface area contributed by atoms with Crippen molar-refractivity contribution in [3.05, 3.63) is 33.8 Å². The average Bonchev–Trinajstić information content (AvgIpc) is 3.09. The molecule has 1 fully saturated rings. The first-order chi connectivity index (χ1) is 8.63. The number of carbonyl (C=O) groups is 1. The van der Waals surface area contributed by atoms with Gasteiger partial charge in [0.2, 0.25) is 5.91 Å². The van der Waals surface area contributed by atoms with Crippen molar-refractivity contribution >= 4 is 29.1 Å². The Morgan fingerprint density at radius 1 is 1.50 bits per heavy atom. The van der Waals surface area contributed by atoms with Crippen molar-refractivity contribution in [2.45, 2.75) is 24.8 Å². The summed E-state index contributed by atoms with van der Waals surface area (Å²) in [5.74, 6) is 0.296. The molecule has 0 heterocycles. The number of benzene rings is 1. The van der Waals surface area contributed by atoms with Gasteiger partial charge in [-0.15, -0.1) is 0 Å². The highest BCUT2D eigenvalue weighted by Gasteiger charge is 2.40. The fourth-order valence-electron chi connectivity index (χ4n) is 1.98. The van der Waals surface area contributed by atoms with Crippen molar-refractivity contribution < 1.29 is 9.53 Å². The third-order valence-electron chi connectivity index (χ3n) is 3.05. The number of hydrogen-bond acceptors (Lipinski definition) is 2. The van der Waals surface area contributed by atoms with Crippen LogP contribution in [0.25, 0.3) is 0 Å². The molecule has 0 unspecified atom stereocenters. The standard InChI is InChI=1S/C13H15Cl2NO2/c1-18-6-5-12(17)16-11-7-9(11)8-3-2-4-10(14)13(8)15/h2-4,9,11H,5-7H2,1H3,(H,16,17)/t9-,11+/m0/s1. The van der Waals surface area contributed by atoms with Gasteiger partial charge in [0.05, 0.1) is 16.7 Å². The first-order valence-electron chi connectivity index (χ1n) is 5.85. The third-order valence-corrected chi connectivity index (χ3v) is 3.88. The lowest BCUT2D eigenvalue weighted by atomic mass is 10.1. The van der Waals surface area contributed by atoms with E-state index in [-0.39, 0.29) is 17.9 Å². The van der Waals surface area contributed by atoms with E-state index in [2.05, 4.69) is 5.32 Å². The quantitative estimate of drug-likeness (QED) is 0.904. The minimum atomic E-state index is 0.0162. The van der Waals surface area contributed by atoms with Crippen LogP contribution >= 0.6 is 23.2 Å². The van der Waals surface area contributed by atoms with Crippen LogP contribution in [0.1, 0.15) is 24.3 Å². The van der Waals surface area contributed by atoms with Crippen LogP contribution in [0.2, 0.25) is 10.0 Å². The summed E-state index contributed by atoms with van der Waals surface area (Å²) in [6.45, 7) is 0.446. The summed E-state index contributed by atoms with van der Waals surface area (Å²) >= 11 is 12.1. The van der Waals surface area contributed by atoms with E-state index in [1.165, 1.54) is 0 Å². The Morgan fingerprint density at radius 2 is 2.28 bits per heavy atom. The number of amides is 1. The zero-order chi connectivity index (χ0) is 13.1. The van der Waals surface area contributed by atoms with Crippen LogP contribution in [-0.2, 0) is 9.53 Å². The minimum absolute atomic E-state index is 0.0162. The number of carbonyl (C=O) groups excluding carboxylic acids is 1. The molecular weight excluding hydrogens is 273 g/mol. The van der Waals surface area contributed by atoms with E-state index in [1.807, 2.05) is 12.1 Å². The van der Waals surface area contributed by atoms with E-state index in [1.54, 1.807) is 13.2 Å². The second-order valence-electron chi connectivity index (χ2n) is 4.40. The zero-order valence-electron chi connectivity index (χ0n) is 10.1. The Kier molecular flexibility index (Phi) is 4.49. The Hall–Kier alpha value is -0.770. The molecule has 0 spiro atoms. The largest absolute Gasteiger partial charge is 0.384 e. The maximum absolute atomic E-state index is 11.5. The average molecular weight is 288 g/mol. The molecule has 98 valence electrons. The van der Waals surface area contributed by atoms with Crippen molar-refractivity contribution in [2.75, 3.05) is 13.7 Å². The maximum Gasteiger partial charge on any atom is 0.222 e. The number of hydrogen-bond donors (Lipinski definition) is 1. The van der Waals surface area contributed by atoms with Gasteiger partial charge in [0.25, 0.3) is 0 Å². The van der Waals surface area contributed by atoms with Crippen molar-refractivity contribution in [2.24, 2.45) is 0 Å². The van der Waals surface area contributed by atoms with Crippen LogP contribution in [-0.4, -0.2) is 25.7 Å². The molecule has 18 heavy (non-hydrogen) atoms. The summed E-state index contributed by atoms with van der Waals surface area (Å²) in [4.78, 5) is 11.5. The highest BCUT2D eigenvalue weighted by atomic mass is 35.5. The Labute approximate surface area is 116 Å². The molecule has 0 aliphatic heterocycles. The van der Waals surface area contributed by atoms with Crippen LogP contribution in [0.3, 0.4) is 0 Å². The van der Waals surface area contributed by atoms with E-state index in [4.69, 9.17) is 27.9 Å². The summed E-state index contributed by atoms with van der Waals surface area (Å²) in [6, 6.07) is 5.78. The Morgan fingerprint density at radius 3 is 3.00 bits per heavy atom. The molecule has 5 heteroatoms. The molecule has 2 rings (SSSR count). The van der Waals surface area contributed by atoms with Crippen molar-refractivity contribution in [1.82, 2.24) is 5.32 Å². The molecule has 1 aromatic carbocycles. The third kappa shape index (κ3) is 3.16. The molecule has 1 amide bonds. The number of halogens is 2. The summed E-state index contributed by atoms with van der Waals surface area (Å²) in [5, 5.41) is 4.12. The van der Waals surface area contributed by atoms with Crippen LogP contribution in [0.5, 0.6) is 0 Å². The summed E-state index contributed by atoms with van der Waals surface area (Å²) < 4.78 is 4.86. The van der Waals surface area contributed by atoms with Gasteiger partial charge in [-0.1, -0.05) is 35.3 Å². The summed E-state index contributed by atoms with van der Waals surface area (Å²) in [5.41, 5.74) is 1.02. The van der Waals surface area contributed by atoms with Crippen LogP contribution in [0.15, 0.2) is 18.2 Å². The minimum Gasteiger partial charge on any atom is -0.384 e. The van der Waals surface area contributed by atoms with Gasteiger partial charge in [-0.25, -0.2) is 0 Å². The second-order valence-corrected chi connectivity index (χ2v) is 5.19. The fraction of sp³-hybridized carbons (Fsp3) is 0.462. The van der Waals surface area contributed by atoms with Crippen molar-refractivity contribution in [1.29, 1.82) is 0 Å². The predicted octanol–water partition coefficient (Wildman–Crippen LogP) is 3.00. The molecule has 1 aliphatic carbocycles. The van der Waals surface area contributed by atoms with Gasteiger partial charge < -0.3 is 10.1 Å². The molecule has 1 aromatic rings. The zero-order valence-corrected chi connectivity index (χ0v) is 11.6. The molecule has 0 bridgehead atoms. The lowest BCUT2D eigenvalue weighted by Crippen LogP contribution is -2.27. The van der Waals surface area contributed by atoms with Gasteiger partial charge in [0.1, 0.15) is 0 Å². The predicted molar refractivity (Wildman–Crippen MR) is 72.2 cm³/mol. The molecule has 1 aliphatic rings. The van der Waals surface area contributed by atoms with Gasteiger partial charge in [-0.05, 0) is 18.1 Å². The van der Waals surface area contributed by atoms with E-state index >= 15 is 0 Å². The normalized spacial score (nSPS) is 21.7. The summed E-state index contributed by atoms with van der Waals surface area (Å²) in [6.07, 6.45) is 1.31. The van der Waals surface area contributed by atoms with Crippen LogP contribution < -0.4 is 5.32 Å². The molecule has 1 saturated carbocycles. The van der Waals surface area contributed by atoms with E-state index in [0.717, 1.165) is 12.0 Å². The SMILES string of the molecule is COCCC(=O)N[C@@H]1C[C@H]1c1cccc(Cl)c1Cl. The Bertz CT molecular complexity index is 451. The molecule has 3 nitrogen and oxygen atoms in total. The fourth-order valence-corrected chi connectivity index (χ4v) is 2.43. The number of nitrogens with one attached hydrogen (secondary N) is 1. The van der Waals surface area contributed by atoms with Gasteiger partial charge in [-0.2, -0.15) is 0 Å². The monoisotopic (exact) mass is 287 g/mol. The van der Waals surface area contributed by atoms with E-state index < -0.39 is 0 Å². The molecule has 0 aromatic heterocycles. The molecule has 1 N–H and O–H groups in total. The number of ether oxygens (including phenoxy) is 1. The molecule has 0 radical (unpaired) electrons.